The van der Waals surface area contributed by atoms with Gasteiger partial charge >= 0.3 is 5.97 Å². The fourth-order valence-corrected chi connectivity index (χ4v) is 3.16. The third-order valence-corrected chi connectivity index (χ3v) is 4.25. The summed E-state index contributed by atoms with van der Waals surface area (Å²) in [5, 5.41) is 11.5. The number of amides is 2. The lowest BCUT2D eigenvalue weighted by Gasteiger charge is -2.31. The van der Waals surface area contributed by atoms with Gasteiger partial charge in [-0.25, -0.2) is 4.79 Å². The van der Waals surface area contributed by atoms with E-state index < -0.39 is 12.6 Å². The monoisotopic (exact) mass is 368 g/mol. The molecule has 1 heterocycles. The minimum atomic E-state index is -1.08. The van der Waals surface area contributed by atoms with Crippen LogP contribution in [0.15, 0.2) is 42.5 Å². The highest BCUT2D eigenvalue weighted by Crippen LogP contribution is 2.34. The third kappa shape index (κ3) is 4.25. The zero-order valence-corrected chi connectivity index (χ0v) is 14.9. The van der Waals surface area contributed by atoms with E-state index in [0.717, 1.165) is 29.8 Å². The van der Waals surface area contributed by atoms with Gasteiger partial charge in [0.1, 0.15) is 5.75 Å². The van der Waals surface area contributed by atoms with Crippen LogP contribution in [0.4, 0.5) is 11.4 Å². The average molecular weight is 368 g/mol. The molecule has 2 N–H and O–H groups in total. The van der Waals surface area contributed by atoms with Crippen LogP contribution >= 0.6 is 0 Å². The maximum atomic E-state index is 13.1. The predicted molar refractivity (Wildman–Crippen MR) is 100 cm³/mol. The van der Waals surface area contributed by atoms with Crippen LogP contribution in [0.2, 0.25) is 0 Å². The quantitative estimate of drug-likeness (QED) is 0.846. The van der Waals surface area contributed by atoms with Gasteiger partial charge in [-0.2, -0.15) is 0 Å². The van der Waals surface area contributed by atoms with E-state index >= 15 is 0 Å². The molecular weight excluding hydrogens is 348 g/mol. The van der Waals surface area contributed by atoms with Gasteiger partial charge in [-0.05, 0) is 48.7 Å². The maximum absolute atomic E-state index is 13.1. The van der Waals surface area contributed by atoms with E-state index in [1.807, 2.05) is 18.2 Å². The van der Waals surface area contributed by atoms with Crippen LogP contribution in [0.1, 0.15) is 29.3 Å². The first-order chi connectivity index (χ1) is 13.0. The first-order valence-electron chi connectivity index (χ1n) is 8.61. The fourth-order valence-electron chi connectivity index (χ4n) is 3.16. The molecule has 7 nitrogen and oxygen atoms in total. The topological polar surface area (TPSA) is 95.9 Å². The van der Waals surface area contributed by atoms with Crippen molar-refractivity contribution in [3.63, 3.8) is 0 Å². The molecule has 0 aromatic heterocycles. The molecule has 3 rings (SSSR count). The van der Waals surface area contributed by atoms with E-state index in [4.69, 9.17) is 9.84 Å². The average Bonchev–Trinajstić information content (AvgIpc) is 2.65. The molecule has 0 radical (unpaired) electrons. The Labute approximate surface area is 156 Å². The van der Waals surface area contributed by atoms with Crippen molar-refractivity contribution in [2.75, 3.05) is 23.4 Å². The molecule has 2 amide bonds. The van der Waals surface area contributed by atoms with Crippen LogP contribution in [0.25, 0.3) is 0 Å². The Balaban J connectivity index is 1.88. The smallest absolute Gasteiger partial charge is 0.341 e. The number of benzene rings is 2. The van der Waals surface area contributed by atoms with E-state index in [1.54, 1.807) is 23.1 Å². The molecule has 1 aliphatic rings. The summed E-state index contributed by atoms with van der Waals surface area (Å²) in [7, 11) is 0. The van der Waals surface area contributed by atoms with Gasteiger partial charge in [0, 0.05) is 30.4 Å². The van der Waals surface area contributed by atoms with Crippen molar-refractivity contribution in [1.29, 1.82) is 0 Å². The molecule has 7 heteroatoms. The summed E-state index contributed by atoms with van der Waals surface area (Å²) in [6.45, 7) is 1.55. The van der Waals surface area contributed by atoms with Crippen molar-refractivity contribution >= 4 is 29.2 Å². The van der Waals surface area contributed by atoms with Crippen LogP contribution in [0.3, 0.4) is 0 Å². The number of nitrogens with one attached hydrogen (secondary N) is 1. The number of carbonyl (C=O) groups excluding carboxylic acids is 2. The van der Waals surface area contributed by atoms with Crippen molar-refractivity contribution in [2.45, 2.75) is 19.8 Å². The lowest BCUT2D eigenvalue weighted by Crippen LogP contribution is -2.35. The summed E-state index contributed by atoms with van der Waals surface area (Å²) >= 11 is 0. The molecule has 0 aliphatic carbocycles. The van der Waals surface area contributed by atoms with Gasteiger partial charge in [0.15, 0.2) is 6.61 Å². The first kappa shape index (κ1) is 18.4. The molecule has 0 saturated heterocycles. The summed E-state index contributed by atoms with van der Waals surface area (Å²) in [6, 6.07) is 12.0. The lowest BCUT2D eigenvalue weighted by molar-refractivity contribution is -0.139. The van der Waals surface area contributed by atoms with Crippen molar-refractivity contribution in [1.82, 2.24) is 0 Å². The Morgan fingerprint density at radius 3 is 2.70 bits per heavy atom. The minimum Gasteiger partial charge on any atom is -0.482 e. The van der Waals surface area contributed by atoms with E-state index in [0.29, 0.717) is 17.9 Å². The molecular formula is C20H20N2O5. The predicted octanol–water partition coefficient (Wildman–Crippen LogP) is 2.70. The number of aliphatic carboxylic acids is 1. The van der Waals surface area contributed by atoms with Crippen LogP contribution in [-0.2, 0) is 16.0 Å². The molecule has 0 atom stereocenters. The van der Waals surface area contributed by atoms with Gasteiger partial charge < -0.3 is 20.1 Å². The number of rotatable bonds is 5. The fraction of sp³-hybridized carbons (Fsp3) is 0.250. The van der Waals surface area contributed by atoms with Crippen molar-refractivity contribution in [3.05, 3.63) is 53.6 Å². The largest absolute Gasteiger partial charge is 0.482 e. The number of nitrogens with zero attached hydrogens (tertiary/aromatic N) is 1. The number of fused-ring (bicyclic) bond motifs is 1. The summed E-state index contributed by atoms with van der Waals surface area (Å²) in [5.41, 5.74) is 2.84. The zero-order chi connectivity index (χ0) is 19.4. The number of ether oxygens (including phenoxy) is 1. The Morgan fingerprint density at radius 2 is 1.96 bits per heavy atom. The van der Waals surface area contributed by atoms with Gasteiger partial charge in [-0.1, -0.05) is 12.1 Å². The van der Waals surface area contributed by atoms with E-state index in [-0.39, 0.29) is 11.8 Å². The van der Waals surface area contributed by atoms with Gasteiger partial charge in [-0.15, -0.1) is 0 Å². The minimum absolute atomic E-state index is 0.157. The third-order valence-electron chi connectivity index (χ3n) is 4.25. The molecule has 2 aromatic rings. The van der Waals surface area contributed by atoms with E-state index in [1.165, 1.54) is 13.0 Å². The summed E-state index contributed by atoms with van der Waals surface area (Å²) < 4.78 is 5.16. The number of hydrogen-bond donors (Lipinski definition) is 2. The molecule has 27 heavy (non-hydrogen) atoms. The van der Waals surface area contributed by atoms with Gasteiger partial charge in [-0.3, -0.25) is 9.59 Å². The standard InChI is InChI=1S/C20H20N2O5/c1-13(23)21-17-8-3-9-18-16(17)7-4-10-22(18)20(26)14-5-2-6-15(11-14)27-12-19(24)25/h2-3,5-6,8-9,11H,4,7,10,12H2,1H3,(H,21,23)(H,24,25). The molecule has 0 bridgehead atoms. The molecule has 0 spiro atoms. The van der Waals surface area contributed by atoms with Crippen LogP contribution in [-0.4, -0.2) is 36.0 Å². The SMILES string of the molecule is CC(=O)Nc1cccc2c1CCCN2C(=O)c1cccc(OCC(=O)O)c1. The van der Waals surface area contributed by atoms with E-state index in [9.17, 15) is 14.4 Å². The van der Waals surface area contributed by atoms with Crippen LogP contribution < -0.4 is 15.0 Å². The van der Waals surface area contributed by atoms with Gasteiger partial charge in [0.2, 0.25) is 5.91 Å². The molecule has 2 aromatic carbocycles. The maximum Gasteiger partial charge on any atom is 0.341 e. The highest BCUT2D eigenvalue weighted by molar-refractivity contribution is 6.07. The summed E-state index contributed by atoms with van der Waals surface area (Å²) in [4.78, 5) is 36.8. The van der Waals surface area contributed by atoms with Crippen LogP contribution in [0.5, 0.6) is 5.75 Å². The van der Waals surface area contributed by atoms with Gasteiger partial charge in [0.25, 0.3) is 5.91 Å². The molecule has 0 fully saturated rings. The summed E-state index contributed by atoms with van der Waals surface area (Å²) in [5.74, 6) is -1.11. The molecule has 140 valence electrons. The number of carboxylic acid groups (broad SMARTS) is 1. The Morgan fingerprint density at radius 1 is 1.19 bits per heavy atom. The molecule has 1 aliphatic heterocycles. The van der Waals surface area contributed by atoms with E-state index in [2.05, 4.69) is 5.32 Å². The normalized spacial score (nSPS) is 12.9. The zero-order valence-electron chi connectivity index (χ0n) is 14.9. The Kier molecular flexibility index (Phi) is 5.40. The second-order valence-corrected chi connectivity index (χ2v) is 6.26. The summed E-state index contributed by atoms with van der Waals surface area (Å²) in [6.07, 6.45) is 1.56. The second kappa shape index (κ2) is 7.90. The number of hydrogen-bond acceptors (Lipinski definition) is 4. The number of anilines is 2. The lowest BCUT2D eigenvalue weighted by atomic mass is 9.98. The first-order valence-corrected chi connectivity index (χ1v) is 8.61. The van der Waals surface area contributed by atoms with Crippen molar-refractivity contribution in [3.8, 4) is 5.75 Å². The number of carbonyl (C=O) groups is 3. The van der Waals surface area contributed by atoms with Gasteiger partial charge in [0.05, 0.1) is 0 Å². The second-order valence-electron chi connectivity index (χ2n) is 6.26. The number of carboxylic acids is 1. The van der Waals surface area contributed by atoms with Crippen molar-refractivity contribution in [2.24, 2.45) is 0 Å². The Bertz CT molecular complexity index is 894. The molecule has 0 saturated carbocycles. The highest BCUT2D eigenvalue weighted by Gasteiger charge is 2.25. The van der Waals surface area contributed by atoms with Crippen LogP contribution in [0, 0.1) is 0 Å². The Hall–Kier alpha value is -3.35. The highest BCUT2D eigenvalue weighted by atomic mass is 16.5. The molecule has 0 unspecified atom stereocenters. The van der Waals surface area contributed by atoms with Crippen molar-refractivity contribution < 1.29 is 24.2 Å².